The molecule has 0 aromatic heterocycles. The Morgan fingerprint density at radius 1 is 1.90 bits per heavy atom. The van der Waals surface area contributed by atoms with Crippen LogP contribution in [0.4, 0.5) is 4.39 Å². The van der Waals surface area contributed by atoms with Crippen molar-refractivity contribution in [2.24, 2.45) is 11.1 Å². The Labute approximate surface area is 60.5 Å². The molecule has 2 nitrogen and oxygen atoms in total. The minimum atomic E-state index is -0.711. The summed E-state index contributed by atoms with van der Waals surface area (Å²) in [5.41, 5.74) is 5.35. The van der Waals surface area contributed by atoms with Crippen LogP contribution in [0, 0.1) is 5.41 Å². The van der Waals surface area contributed by atoms with E-state index in [2.05, 4.69) is 0 Å². The van der Waals surface area contributed by atoms with Gasteiger partial charge < -0.3 is 10.5 Å². The molecule has 10 heavy (non-hydrogen) atoms. The fourth-order valence-corrected chi connectivity index (χ4v) is 1.08. The minimum Gasteiger partial charge on any atom is -0.383 e. The fourth-order valence-electron chi connectivity index (χ4n) is 1.08. The molecule has 2 N–H and O–H groups in total. The largest absolute Gasteiger partial charge is 0.383 e. The number of rotatable bonds is 3. The quantitative estimate of drug-likeness (QED) is 0.638. The van der Waals surface area contributed by atoms with Gasteiger partial charge in [-0.1, -0.05) is 6.92 Å². The fraction of sp³-hybridized carbons (Fsp3) is 1.00. The van der Waals surface area contributed by atoms with Crippen molar-refractivity contribution >= 4 is 0 Å². The highest BCUT2D eigenvalue weighted by Crippen LogP contribution is 2.50. The van der Waals surface area contributed by atoms with E-state index in [1.165, 1.54) is 0 Å². The van der Waals surface area contributed by atoms with E-state index in [4.69, 9.17) is 10.5 Å². The van der Waals surface area contributed by atoms with E-state index in [0.29, 0.717) is 13.0 Å². The zero-order valence-electron chi connectivity index (χ0n) is 6.43. The molecule has 1 saturated carbocycles. The predicted octanol–water partition coefficient (Wildman–Crippen LogP) is 0.708. The highest BCUT2D eigenvalue weighted by atomic mass is 19.1. The lowest BCUT2D eigenvalue weighted by molar-refractivity contribution is 0.146. The lowest BCUT2D eigenvalue weighted by Gasteiger charge is -2.16. The maximum atomic E-state index is 12.6. The van der Waals surface area contributed by atoms with Crippen LogP contribution in [-0.4, -0.2) is 25.9 Å². The van der Waals surface area contributed by atoms with Crippen LogP contribution >= 0.6 is 0 Å². The molecule has 3 unspecified atom stereocenters. The maximum absolute atomic E-state index is 12.6. The molecule has 0 saturated heterocycles. The third kappa shape index (κ3) is 1.16. The molecular formula is C7H14FNO. The molecule has 1 rings (SSSR count). The van der Waals surface area contributed by atoms with Crippen molar-refractivity contribution in [2.75, 3.05) is 13.7 Å². The Morgan fingerprint density at radius 2 is 2.40 bits per heavy atom. The van der Waals surface area contributed by atoms with Crippen LogP contribution in [-0.2, 0) is 4.74 Å². The number of nitrogens with two attached hydrogens (primary N) is 1. The first-order chi connectivity index (χ1) is 4.61. The van der Waals surface area contributed by atoms with E-state index in [0.717, 1.165) is 0 Å². The molecule has 0 heterocycles. The van der Waals surface area contributed by atoms with Gasteiger partial charge in [-0.15, -0.1) is 0 Å². The third-order valence-electron chi connectivity index (χ3n) is 2.37. The molecule has 1 fully saturated rings. The lowest BCUT2D eigenvalue weighted by atomic mass is 10.0. The van der Waals surface area contributed by atoms with E-state index in [-0.39, 0.29) is 11.5 Å². The van der Waals surface area contributed by atoms with Crippen LogP contribution in [0.1, 0.15) is 13.3 Å². The third-order valence-corrected chi connectivity index (χ3v) is 2.37. The second kappa shape index (κ2) is 2.47. The van der Waals surface area contributed by atoms with Crippen molar-refractivity contribution in [1.82, 2.24) is 0 Å². The van der Waals surface area contributed by atoms with E-state index in [1.54, 1.807) is 7.11 Å². The SMILES string of the molecule is COCC(N)C1(C)CC1F. The Hall–Kier alpha value is -0.150. The van der Waals surface area contributed by atoms with Gasteiger partial charge >= 0.3 is 0 Å². The molecule has 0 aliphatic heterocycles. The Bertz CT molecular complexity index is 131. The normalized spacial score (nSPS) is 41.4. The zero-order valence-corrected chi connectivity index (χ0v) is 6.43. The van der Waals surface area contributed by atoms with Crippen molar-refractivity contribution < 1.29 is 9.13 Å². The first kappa shape index (κ1) is 7.95. The maximum Gasteiger partial charge on any atom is 0.108 e. The summed E-state index contributed by atoms with van der Waals surface area (Å²) in [5.74, 6) is 0. The Balaban J connectivity index is 2.34. The lowest BCUT2D eigenvalue weighted by Crippen LogP contribution is -2.35. The molecule has 1 aliphatic rings. The summed E-state index contributed by atoms with van der Waals surface area (Å²) in [7, 11) is 1.58. The molecule has 60 valence electrons. The second-order valence-corrected chi connectivity index (χ2v) is 3.24. The number of hydrogen-bond acceptors (Lipinski definition) is 2. The van der Waals surface area contributed by atoms with Gasteiger partial charge in [0.2, 0.25) is 0 Å². The average Bonchev–Trinajstić information content (AvgIpc) is 2.43. The molecule has 0 spiro atoms. The Kier molecular flexibility index (Phi) is 1.97. The van der Waals surface area contributed by atoms with Gasteiger partial charge in [0.15, 0.2) is 0 Å². The summed E-state index contributed by atoms with van der Waals surface area (Å²) in [6.45, 7) is 2.32. The average molecular weight is 147 g/mol. The van der Waals surface area contributed by atoms with Crippen molar-refractivity contribution in [1.29, 1.82) is 0 Å². The van der Waals surface area contributed by atoms with Gasteiger partial charge in [0.1, 0.15) is 6.17 Å². The van der Waals surface area contributed by atoms with Crippen molar-refractivity contribution in [3.05, 3.63) is 0 Å². The molecule has 0 aromatic carbocycles. The van der Waals surface area contributed by atoms with Crippen LogP contribution in [0.5, 0.6) is 0 Å². The summed E-state index contributed by atoms with van der Waals surface area (Å²) in [6, 6.07) is -0.146. The van der Waals surface area contributed by atoms with Crippen LogP contribution in [0.15, 0.2) is 0 Å². The van der Waals surface area contributed by atoms with Gasteiger partial charge in [0.05, 0.1) is 6.61 Å². The van der Waals surface area contributed by atoms with Gasteiger partial charge in [-0.2, -0.15) is 0 Å². The van der Waals surface area contributed by atoms with Crippen molar-refractivity contribution in [3.8, 4) is 0 Å². The van der Waals surface area contributed by atoms with Gasteiger partial charge in [-0.25, -0.2) is 4.39 Å². The smallest absolute Gasteiger partial charge is 0.108 e. The monoisotopic (exact) mass is 147 g/mol. The van der Waals surface area contributed by atoms with Crippen molar-refractivity contribution in [3.63, 3.8) is 0 Å². The standard InChI is InChI=1S/C7H14FNO/c1-7(3-5(7)8)6(9)4-10-2/h5-6H,3-4,9H2,1-2H3. The van der Waals surface area contributed by atoms with E-state index in [9.17, 15) is 4.39 Å². The predicted molar refractivity (Wildman–Crippen MR) is 37.5 cm³/mol. The molecule has 0 aromatic rings. The highest BCUT2D eigenvalue weighted by Gasteiger charge is 2.55. The number of ether oxygens (including phenoxy) is 1. The summed E-state index contributed by atoms with van der Waals surface area (Å²) in [5, 5.41) is 0. The number of hydrogen-bond donors (Lipinski definition) is 1. The molecule has 3 atom stereocenters. The highest BCUT2D eigenvalue weighted by molar-refractivity contribution is 5.06. The summed E-state index contributed by atoms with van der Waals surface area (Å²) >= 11 is 0. The van der Waals surface area contributed by atoms with Crippen LogP contribution in [0.2, 0.25) is 0 Å². The number of alkyl halides is 1. The number of halogens is 1. The summed E-state index contributed by atoms with van der Waals surface area (Å²) < 4.78 is 17.4. The first-order valence-corrected chi connectivity index (χ1v) is 3.50. The molecule has 0 amide bonds. The Morgan fingerprint density at radius 3 is 2.70 bits per heavy atom. The van der Waals surface area contributed by atoms with Gasteiger partial charge in [-0.3, -0.25) is 0 Å². The van der Waals surface area contributed by atoms with E-state index >= 15 is 0 Å². The molecule has 0 bridgehead atoms. The van der Waals surface area contributed by atoms with Gasteiger partial charge in [0, 0.05) is 18.6 Å². The summed E-state index contributed by atoms with van der Waals surface area (Å²) in [6.07, 6.45) is -0.116. The van der Waals surface area contributed by atoms with Crippen LogP contribution in [0.3, 0.4) is 0 Å². The zero-order chi connectivity index (χ0) is 7.78. The molecular weight excluding hydrogens is 133 g/mol. The molecule has 0 radical (unpaired) electrons. The molecule has 3 heteroatoms. The van der Waals surface area contributed by atoms with Gasteiger partial charge in [-0.05, 0) is 6.42 Å². The topological polar surface area (TPSA) is 35.2 Å². The van der Waals surface area contributed by atoms with E-state index < -0.39 is 6.17 Å². The van der Waals surface area contributed by atoms with Gasteiger partial charge in [0.25, 0.3) is 0 Å². The minimum absolute atomic E-state index is 0.146. The second-order valence-electron chi connectivity index (χ2n) is 3.24. The molecule has 1 aliphatic carbocycles. The number of methoxy groups -OCH3 is 1. The van der Waals surface area contributed by atoms with Crippen LogP contribution in [0.25, 0.3) is 0 Å². The summed E-state index contributed by atoms with van der Waals surface area (Å²) in [4.78, 5) is 0. The van der Waals surface area contributed by atoms with Crippen LogP contribution < -0.4 is 5.73 Å². The van der Waals surface area contributed by atoms with Crippen molar-refractivity contribution in [2.45, 2.75) is 25.6 Å². The van der Waals surface area contributed by atoms with E-state index in [1.807, 2.05) is 6.92 Å². The first-order valence-electron chi connectivity index (χ1n) is 3.50.